The van der Waals surface area contributed by atoms with Crippen molar-refractivity contribution in [2.45, 2.75) is 104 Å². The molecule has 1 amide bonds. The zero-order valence-electron chi connectivity index (χ0n) is 35.8. The van der Waals surface area contributed by atoms with Crippen molar-refractivity contribution in [1.82, 2.24) is 14.7 Å². The summed E-state index contributed by atoms with van der Waals surface area (Å²) in [5.74, 6) is -0.331. The second kappa shape index (κ2) is 23.5. The van der Waals surface area contributed by atoms with Crippen molar-refractivity contribution >= 4 is 17.4 Å². The molecule has 10 nitrogen and oxygen atoms in total. The van der Waals surface area contributed by atoms with Crippen molar-refractivity contribution in [3.63, 3.8) is 0 Å². The van der Waals surface area contributed by atoms with Crippen molar-refractivity contribution in [2.75, 3.05) is 39.6 Å². The number of nitrogens with zero attached hydrogens (tertiary/aromatic N) is 2. The number of hydrogen-bond acceptors (Lipinski definition) is 8. The lowest BCUT2D eigenvalue weighted by molar-refractivity contribution is -0.155. The van der Waals surface area contributed by atoms with Gasteiger partial charge in [-0.05, 0) is 76.3 Å². The first kappa shape index (κ1) is 45.8. The largest absolute Gasteiger partial charge is 0.494 e. The summed E-state index contributed by atoms with van der Waals surface area (Å²) in [4.78, 5) is 28.8. The molecule has 2 N–H and O–H groups in total. The topological polar surface area (TPSA) is 121 Å². The Balaban J connectivity index is 0.950. The molecule has 3 aromatic carbocycles. The van der Waals surface area contributed by atoms with Crippen LogP contribution in [0.3, 0.4) is 0 Å². The molecule has 5 rings (SSSR count). The minimum absolute atomic E-state index is 0.0271. The number of rotatable bonds is 25. The van der Waals surface area contributed by atoms with Crippen molar-refractivity contribution in [3.05, 3.63) is 119 Å². The van der Waals surface area contributed by atoms with Gasteiger partial charge < -0.3 is 29.4 Å². The number of benzene rings is 3. The number of fused-ring (bicyclic) bond motifs is 1. The summed E-state index contributed by atoms with van der Waals surface area (Å²) in [7, 11) is 0. The molecule has 0 saturated carbocycles. The van der Waals surface area contributed by atoms with Crippen LogP contribution in [0.1, 0.15) is 107 Å². The smallest absolute Gasteiger partial charge is 0.306 e. The number of unbranched alkanes of at least 4 members (excludes halogenated alkanes) is 5. The highest BCUT2D eigenvalue weighted by molar-refractivity contribution is 5.75. The summed E-state index contributed by atoms with van der Waals surface area (Å²) in [5, 5.41) is 14.4. The van der Waals surface area contributed by atoms with Gasteiger partial charge in [0.15, 0.2) is 17.4 Å². The maximum Gasteiger partial charge on any atom is 0.306 e. The molecule has 5 aromatic rings. The SMILES string of the molecule is Cc1ccc(-c2cn3c(O)c(Cc4ccc(OCCCCCCCCNC(=O)CCOCCOCCCC(=O)OC(C)(C)C)c(F)c4)cc3c(Cc3ccccc3)n2)cc1. The van der Waals surface area contributed by atoms with Crippen molar-refractivity contribution in [2.24, 2.45) is 0 Å². The number of halogens is 1. The average Bonchev–Trinajstić information content (AvgIpc) is 3.52. The summed E-state index contributed by atoms with van der Waals surface area (Å²) in [6, 6.07) is 25.3. The normalized spacial score (nSPS) is 11.6. The van der Waals surface area contributed by atoms with Crippen LogP contribution in [0.5, 0.6) is 11.6 Å². The Labute approximate surface area is 354 Å². The van der Waals surface area contributed by atoms with E-state index in [0.717, 1.165) is 77.7 Å². The number of carbonyl (C=O) groups is 2. The molecule has 0 fully saturated rings. The fourth-order valence-corrected chi connectivity index (χ4v) is 6.81. The zero-order valence-corrected chi connectivity index (χ0v) is 35.8. The number of amides is 1. The van der Waals surface area contributed by atoms with E-state index in [2.05, 4.69) is 29.6 Å². The van der Waals surface area contributed by atoms with E-state index in [1.807, 2.05) is 76.4 Å². The fraction of sp³-hybridized carbons (Fsp3) is 0.449. The van der Waals surface area contributed by atoms with E-state index in [0.29, 0.717) is 77.2 Å². The zero-order chi connectivity index (χ0) is 42.7. The van der Waals surface area contributed by atoms with E-state index in [1.54, 1.807) is 10.5 Å². The molecular weight excluding hydrogens is 762 g/mol. The third-order valence-corrected chi connectivity index (χ3v) is 9.93. The molecule has 0 aliphatic heterocycles. The molecule has 0 unspecified atom stereocenters. The Morgan fingerprint density at radius 2 is 1.48 bits per heavy atom. The summed E-state index contributed by atoms with van der Waals surface area (Å²) < 4.78 is 39.0. The summed E-state index contributed by atoms with van der Waals surface area (Å²) in [6.45, 7) is 10.3. The van der Waals surface area contributed by atoms with E-state index in [9.17, 15) is 14.7 Å². The summed E-state index contributed by atoms with van der Waals surface area (Å²) in [5.41, 5.74) is 6.63. The monoisotopic (exact) mass is 823 g/mol. The molecule has 0 aliphatic rings. The third kappa shape index (κ3) is 15.4. The van der Waals surface area contributed by atoms with Crippen LogP contribution in [0.2, 0.25) is 0 Å². The van der Waals surface area contributed by atoms with Gasteiger partial charge in [-0.2, -0.15) is 0 Å². The maximum absolute atomic E-state index is 15.2. The third-order valence-electron chi connectivity index (χ3n) is 9.93. The number of ether oxygens (including phenoxy) is 4. The van der Waals surface area contributed by atoms with Gasteiger partial charge in [0, 0.05) is 56.2 Å². The number of hydrogen-bond donors (Lipinski definition) is 2. The molecule has 0 spiro atoms. The Hall–Kier alpha value is -5.26. The quantitative estimate of drug-likeness (QED) is 0.0441. The summed E-state index contributed by atoms with van der Waals surface area (Å²) >= 11 is 0. The van der Waals surface area contributed by atoms with Gasteiger partial charge in [-0.1, -0.05) is 91.9 Å². The highest BCUT2D eigenvalue weighted by Gasteiger charge is 2.18. The molecule has 322 valence electrons. The van der Waals surface area contributed by atoms with Crippen LogP contribution in [0, 0.1) is 12.7 Å². The van der Waals surface area contributed by atoms with E-state index < -0.39 is 11.4 Å². The second-order valence-electron chi connectivity index (χ2n) is 16.3. The minimum atomic E-state index is -0.475. The lowest BCUT2D eigenvalue weighted by Crippen LogP contribution is -2.25. The number of esters is 1. The highest BCUT2D eigenvalue weighted by atomic mass is 19.1. The maximum atomic E-state index is 15.2. The molecule has 0 saturated heterocycles. The van der Waals surface area contributed by atoms with Crippen molar-refractivity contribution in [1.29, 1.82) is 0 Å². The number of aromatic hydroxyl groups is 1. The molecule has 2 heterocycles. The van der Waals surface area contributed by atoms with Crippen molar-refractivity contribution in [3.8, 4) is 22.9 Å². The molecule has 11 heteroatoms. The van der Waals surface area contributed by atoms with E-state index >= 15 is 4.39 Å². The van der Waals surface area contributed by atoms with Crippen LogP contribution in [-0.2, 0) is 36.6 Å². The van der Waals surface area contributed by atoms with Gasteiger partial charge in [-0.15, -0.1) is 0 Å². The lowest BCUT2D eigenvalue weighted by Gasteiger charge is -2.19. The van der Waals surface area contributed by atoms with Gasteiger partial charge in [-0.25, -0.2) is 9.37 Å². The van der Waals surface area contributed by atoms with Gasteiger partial charge in [0.1, 0.15) is 5.60 Å². The van der Waals surface area contributed by atoms with Crippen LogP contribution in [0.4, 0.5) is 4.39 Å². The Kier molecular flexibility index (Phi) is 18.0. The predicted molar refractivity (Wildman–Crippen MR) is 233 cm³/mol. The lowest BCUT2D eigenvalue weighted by atomic mass is 10.1. The first-order valence-corrected chi connectivity index (χ1v) is 21.3. The van der Waals surface area contributed by atoms with Gasteiger partial charge in [0.25, 0.3) is 0 Å². The molecule has 0 aliphatic carbocycles. The van der Waals surface area contributed by atoms with Crippen LogP contribution >= 0.6 is 0 Å². The van der Waals surface area contributed by atoms with Crippen molar-refractivity contribution < 1.29 is 38.0 Å². The van der Waals surface area contributed by atoms with Gasteiger partial charge >= 0.3 is 5.97 Å². The predicted octanol–water partition coefficient (Wildman–Crippen LogP) is 9.72. The molecule has 0 radical (unpaired) electrons. The average molecular weight is 824 g/mol. The van der Waals surface area contributed by atoms with E-state index in [1.165, 1.54) is 6.07 Å². The molecular formula is C49H62FN3O7. The standard InChI is InChI=1S/C49H62FN3O7/c1-36-18-21-39(22-19-36)43-35-53-44(42(52-43)33-37-15-10-9-11-16-37)34-40(48(53)56)31-38-20-23-45(41(50)32-38)59-27-13-8-6-5-7-12-25-51-46(54)24-28-58-30-29-57-26-14-17-47(55)60-49(2,3)4/h9-11,15-16,18-23,32,34-35,56H,5-8,12-14,17,24-31,33H2,1-4H3,(H,51,54). The van der Waals surface area contributed by atoms with Gasteiger partial charge in [-0.3, -0.25) is 14.0 Å². The van der Waals surface area contributed by atoms with E-state index in [-0.39, 0.29) is 23.5 Å². The van der Waals surface area contributed by atoms with Crippen LogP contribution in [0.25, 0.3) is 16.8 Å². The first-order chi connectivity index (χ1) is 28.9. The molecule has 60 heavy (non-hydrogen) atoms. The Morgan fingerprint density at radius 3 is 2.22 bits per heavy atom. The second-order valence-corrected chi connectivity index (χ2v) is 16.3. The highest BCUT2D eigenvalue weighted by Crippen LogP contribution is 2.32. The first-order valence-electron chi connectivity index (χ1n) is 21.3. The fourth-order valence-electron chi connectivity index (χ4n) is 6.81. The number of aromatic nitrogens is 2. The van der Waals surface area contributed by atoms with Gasteiger partial charge in [0.2, 0.25) is 5.91 Å². The molecule has 0 atom stereocenters. The van der Waals surface area contributed by atoms with Crippen LogP contribution in [-0.4, -0.2) is 71.5 Å². The van der Waals surface area contributed by atoms with Crippen LogP contribution in [0.15, 0.2) is 85.1 Å². The van der Waals surface area contributed by atoms with Gasteiger partial charge in [0.05, 0.1) is 43.3 Å². The number of aryl methyl sites for hydroxylation is 1. The minimum Gasteiger partial charge on any atom is -0.494 e. The molecule has 0 bridgehead atoms. The number of carbonyl (C=O) groups excluding carboxylic acids is 2. The van der Waals surface area contributed by atoms with Crippen LogP contribution < -0.4 is 10.1 Å². The Bertz CT molecular complexity index is 2090. The van der Waals surface area contributed by atoms with E-state index in [4.69, 9.17) is 23.9 Å². The number of nitrogens with one attached hydrogen (secondary N) is 1. The Morgan fingerprint density at radius 1 is 0.767 bits per heavy atom. The summed E-state index contributed by atoms with van der Waals surface area (Å²) in [6.07, 6.45) is 9.88. The molecule has 2 aromatic heterocycles.